The zero-order chi connectivity index (χ0) is 10.6. The molecule has 0 amide bonds. The van der Waals surface area contributed by atoms with Gasteiger partial charge >= 0.3 is 0 Å². The van der Waals surface area contributed by atoms with E-state index in [4.69, 9.17) is 21.6 Å². The molecule has 0 radical (unpaired) electrons. The molecular weight excluding hydrogens is 218 g/mol. The van der Waals surface area contributed by atoms with Crippen molar-refractivity contribution >= 4 is 24.3 Å². The average Bonchev–Trinajstić information content (AvgIpc) is 2.47. The van der Waals surface area contributed by atoms with Crippen LogP contribution in [-0.2, 0) is 6.54 Å². The largest absolute Gasteiger partial charge is 0.464 e. The Kier molecular flexibility index (Phi) is 5.25. The average molecular weight is 232 g/mol. The molecule has 1 heterocycles. The third-order valence-electron chi connectivity index (χ3n) is 1.44. The van der Waals surface area contributed by atoms with Gasteiger partial charge in [0.2, 0.25) is 5.96 Å². The van der Waals surface area contributed by atoms with Gasteiger partial charge in [-0.15, -0.1) is 12.4 Å². The summed E-state index contributed by atoms with van der Waals surface area (Å²) in [6, 6.07) is 3.67. The SMILES string of the molecule is Cc1ccc(CN=C(N)N=C(N)N)o1.Cl. The van der Waals surface area contributed by atoms with Crippen LogP contribution in [-0.4, -0.2) is 11.9 Å². The Labute approximate surface area is 93.6 Å². The van der Waals surface area contributed by atoms with Gasteiger partial charge in [0, 0.05) is 0 Å². The first-order valence-electron chi connectivity index (χ1n) is 4.03. The molecule has 7 heteroatoms. The van der Waals surface area contributed by atoms with Gasteiger partial charge in [-0.1, -0.05) is 0 Å². The van der Waals surface area contributed by atoms with Crippen molar-refractivity contribution in [2.24, 2.45) is 27.2 Å². The smallest absolute Gasteiger partial charge is 0.218 e. The predicted octanol–water partition coefficient (Wildman–Crippen LogP) is 0.0979. The lowest BCUT2D eigenvalue weighted by Crippen LogP contribution is -2.26. The van der Waals surface area contributed by atoms with E-state index in [9.17, 15) is 0 Å². The van der Waals surface area contributed by atoms with Crippen LogP contribution in [0.5, 0.6) is 0 Å². The van der Waals surface area contributed by atoms with Crippen LogP contribution in [0.15, 0.2) is 26.5 Å². The molecule has 0 fully saturated rings. The molecular formula is C8H14ClN5O. The van der Waals surface area contributed by atoms with E-state index in [1.165, 1.54) is 0 Å². The molecule has 0 aliphatic rings. The van der Waals surface area contributed by atoms with Gasteiger partial charge in [-0.2, -0.15) is 4.99 Å². The molecule has 0 aromatic carbocycles. The van der Waals surface area contributed by atoms with Crippen molar-refractivity contribution in [2.45, 2.75) is 13.5 Å². The Morgan fingerprint density at radius 1 is 1.33 bits per heavy atom. The maximum atomic E-state index is 5.39. The van der Waals surface area contributed by atoms with E-state index >= 15 is 0 Å². The van der Waals surface area contributed by atoms with E-state index in [1.54, 1.807) is 0 Å². The zero-order valence-corrected chi connectivity index (χ0v) is 9.12. The first-order chi connectivity index (χ1) is 6.58. The van der Waals surface area contributed by atoms with Crippen molar-refractivity contribution in [1.29, 1.82) is 0 Å². The molecule has 84 valence electrons. The minimum absolute atomic E-state index is 0. The van der Waals surface area contributed by atoms with Gasteiger partial charge in [-0.3, -0.25) is 0 Å². The quantitative estimate of drug-likeness (QED) is 0.494. The highest BCUT2D eigenvalue weighted by molar-refractivity contribution is 5.92. The van der Waals surface area contributed by atoms with Crippen LogP contribution in [0.2, 0.25) is 0 Å². The van der Waals surface area contributed by atoms with Gasteiger partial charge in [0.1, 0.15) is 18.1 Å². The van der Waals surface area contributed by atoms with Crippen LogP contribution < -0.4 is 17.2 Å². The summed E-state index contributed by atoms with van der Waals surface area (Å²) in [5.41, 5.74) is 15.6. The number of hydrogen-bond acceptors (Lipinski definition) is 2. The van der Waals surface area contributed by atoms with Crippen LogP contribution in [0.25, 0.3) is 0 Å². The van der Waals surface area contributed by atoms with Crippen molar-refractivity contribution in [3.63, 3.8) is 0 Å². The Morgan fingerprint density at radius 3 is 2.47 bits per heavy atom. The Morgan fingerprint density at radius 2 is 2.00 bits per heavy atom. The second-order valence-corrected chi connectivity index (χ2v) is 2.72. The molecule has 6 nitrogen and oxygen atoms in total. The number of furan rings is 1. The lowest BCUT2D eigenvalue weighted by molar-refractivity contribution is 0.486. The highest BCUT2D eigenvalue weighted by atomic mass is 35.5. The maximum Gasteiger partial charge on any atom is 0.218 e. The fourth-order valence-corrected chi connectivity index (χ4v) is 0.897. The summed E-state index contributed by atoms with van der Waals surface area (Å²) in [5.74, 6) is 1.48. The molecule has 0 atom stereocenters. The van der Waals surface area contributed by atoms with Crippen molar-refractivity contribution in [2.75, 3.05) is 0 Å². The molecule has 15 heavy (non-hydrogen) atoms. The molecule has 0 saturated carbocycles. The fourth-order valence-electron chi connectivity index (χ4n) is 0.897. The summed E-state index contributed by atoms with van der Waals surface area (Å²) in [5, 5.41) is 0. The summed E-state index contributed by atoms with van der Waals surface area (Å²) < 4.78 is 5.27. The summed E-state index contributed by atoms with van der Waals surface area (Å²) in [6.45, 7) is 2.18. The van der Waals surface area contributed by atoms with Crippen molar-refractivity contribution in [3.05, 3.63) is 23.7 Å². The fraction of sp³-hybridized carbons (Fsp3) is 0.250. The number of rotatable bonds is 2. The summed E-state index contributed by atoms with van der Waals surface area (Å²) in [4.78, 5) is 7.46. The molecule has 0 spiro atoms. The van der Waals surface area contributed by atoms with E-state index in [1.807, 2.05) is 19.1 Å². The highest BCUT2D eigenvalue weighted by Crippen LogP contribution is 2.06. The van der Waals surface area contributed by atoms with Gasteiger partial charge < -0.3 is 21.6 Å². The number of guanidine groups is 2. The highest BCUT2D eigenvalue weighted by Gasteiger charge is 1.96. The third-order valence-corrected chi connectivity index (χ3v) is 1.44. The number of halogens is 1. The lowest BCUT2D eigenvalue weighted by atomic mass is 10.4. The molecule has 0 bridgehead atoms. The minimum atomic E-state index is -0.109. The monoisotopic (exact) mass is 231 g/mol. The van der Waals surface area contributed by atoms with Gasteiger partial charge in [0.15, 0.2) is 5.96 Å². The minimum Gasteiger partial charge on any atom is -0.464 e. The van der Waals surface area contributed by atoms with Gasteiger partial charge in [0.25, 0.3) is 0 Å². The Bertz CT molecular complexity index is 367. The molecule has 1 aromatic heterocycles. The van der Waals surface area contributed by atoms with E-state index in [2.05, 4.69) is 9.98 Å². The summed E-state index contributed by atoms with van der Waals surface area (Å²) >= 11 is 0. The second kappa shape index (κ2) is 5.92. The first kappa shape index (κ1) is 13.3. The number of aliphatic imine (C=N–C) groups is 2. The summed E-state index contributed by atoms with van der Waals surface area (Å²) in [6.07, 6.45) is 0. The van der Waals surface area contributed by atoms with Gasteiger partial charge in [0.05, 0.1) is 0 Å². The standard InChI is InChI=1S/C8H13N5O.ClH/c1-5-2-3-6(14-5)4-12-8(11)13-7(9)10;/h2-3H,4H2,1H3,(H6,9,10,11,12,13);1H. The van der Waals surface area contributed by atoms with Gasteiger partial charge in [-0.05, 0) is 19.1 Å². The Hall–Kier alpha value is -1.69. The van der Waals surface area contributed by atoms with Crippen molar-refractivity contribution in [3.8, 4) is 0 Å². The third kappa shape index (κ3) is 4.92. The van der Waals surface area contributed by atoms with Crippen LogP contribution in [0.4, 0.5) is 0 Å². The molecule has 1 aromatic rings. The Balaban J connectivity index is 0.00000196. The van der Waals surface area contributed by atoms with E-state index < -0.39 is 0 Å². The molecule has 0 aliphatic carbocycles. The van der Waals surface area contributed by atoms with E-state index in [0.29, 0.717) is 6.54 Å². The maximum absolute atomic E-state index is 5.39. The van der Waals surface area contributed by atoms with Crippen LogP contribution in [0, 0.1) is 6.92 Å². The second-order valence-electron chi connectivity index (χ2n) is 2.72. The molecule has 1 rings (SSSR count). The number of nitrogens with two attached hydrogens (primary N) is 3. The van der Waals surface area contributed by atoms with Crippen molar-refractivity contribution < 1.29 is 4.42 Å². The number of nitrogens with zero attached hydrogens (tertiary/aromatic N) is 2. The summed E-state index contributed by atoms with van der Waals surface area (Å²) in [7, 11) is 0. The topological polar surface area (TPSA) is 116 Å². The lowest BCUT2D eigenvalue weighted by Gasteiger charge is -1.93. The van der Waals surface area contributed by atoms with Crippen LogP contribution in [0.1, 0.15) is 11.5 Å². The van der Waals surface area contributed by atoms with E-state index in [0.717, 1.165) is 11.5 Å². The number of aryl methyl sites for hydroxylation is 1. The van der Waals surface area contributed by atoms with Crippen LogP contribution in [0.3, 0.4) is 0 Å². The molecule has 0 unspecified atom stereocenters. The van der Waals surface area contributed by atoms with Crippen LogP contribution >= 0.6 is 12.4 Å². The predicted molar refractivity (Wildman–Crippen MR) is 61.8 cm³/mol. The van der Waals surface area contributed by atoms with Gasteiger partial charge in [-0.25, -0.2) is 4.99 Å². The van der Waals surface area contributed by atoms with Crippen molar-refractivity contribution in [1.82, 2.24) is 0 Å². The normalized spacial score (nSPS) is 10.6. The molecule has 0 saturated heterocycles. The molecule has 0 aliphatic heterocycles. The zero-order valence-electron chi connectivity index (χ0n) is 8.30. The number of hydrogen-bond donors (Lipinski definition) is 3. The molecule has 6 N–H and O–H groups in total. The first-order valence-corrected chi connectivity index (χ1v) is 4.03. The van der Waals surface area contributed by atoms with E-state index in [-0.39, 0.29) is 24.3 Å².